The number of hydrogen-bond acceptors (Lipinski definition) is 5. The van der Waals surface area contributed by atoms with Crippen molar-refractivity contribution < 1.29 is 18.0 Å². The molecule has 0 saturated heterocycles. The van der Waals surface area contributed by atoms with Gasteiger partial charge in [-0.15, -0.1) is 11.3 Å². The molecule has 2 aromatic heterocycles. The van der Waals surface area contributed by atoms with Gasteiger partial charge in [0, 0.05) is 56.2 Å². The van der Waals surface area contributed by atoms with Crippen LogP contribution in [0.3, 0.4) is 0 Å². The first-order valence-electron chi connectivity index (χ1n) is 12.5. The quantitative estimate of drug-likeness (QED) is 0.467. The number of carbonyl (C=O) groups excluding carboxylic acids is 1. The highest BCUT2D eigenvalue weighted by atomic mass is 32.1. The van der Waals surface area contributed by atoms with Gasteiger partial charge in [0.15, 0.2) is 0 Å². The molecule has 0 atom stereocenters. The molecule has 2 aliphatic rings. The van der Waals surface area contributed by atoms with E-state index < -0.39 is 12.6 Å². The number of Topliss-reactive ketones (excluding diaryl/α,β-unsaturated/α-hetero) is 1. The lowest BCUT2D eigenvalue weighted by Gasteiger charge is -2.30. The Balaban J connectivity index is 1.13. The van der Waals surface area contributed by atoms with Crippen LogP contribution >= 0.6 is 11.3 Å². The molecule has 1 aliphatic carbocycles. The van der Waals surface area contributed by atoms with Crippen LogP contribution in [0.1, 0.15) is 66.1 Å². The van der Waals surface area contributed by atoms with E-state index in [0.29, 0.717) is 24.5 Å². The minimum Gasteiger partial charge on any atom is -0.303 e. The van der Waals surface area contributed by atoms with Crippen LogP contribution in [-0.4, -0.2) is 51.3 Å². The molecule has 2 aromatic rings. The molecule has 188 valence electrons. The van der Waals surface area contributed by atoms with Crippen LogP contribution in [0.2, 0.25) is 0 Å². The molecule has 0 unspecified atom stereocenters. The van der Waals surface area contributed by atoms with E-state index in [0.717, 1.165) is 72.4 Å². The number of hydrogen-bond donors (Lipinski definition) is 0. The maximum absolute atomic E-state index is 12.5. The molecule has 0 spiro atoms. The first-order chi connectivity index (χ1) is 16.2. The number of ketones is 1. The molecular formula is C25H35F3N4OS. The maximum atomic E-state index is 12.5. The normalized spacial score (nSPS) is 21.9. The summed E-state index contributed by atoms with van der Waals surface area (Å²) in [5.41, 5.74) is 2.06. The molecule has 0 amide bonds. The lowest BCUT2D eigenvalue weighted by Crippen LogP contribution is -2.30. The third-order valence-electron chi connectivity index (χ3n) is 7.29. The number of alkyl halides is 3. The minimum absolute atomic E-state index is 0.0978. The molecule has 9 heteroatoms. The number of thiazole rings is 1. The van der Waals surface area contributed by atoms with Crippen LogP contribution in [0.15, 0.2) is 12.4 Å². The van der Waals surface area contributed by atoms with Crippen LogP contribution in [-0.2, 0) is 30.6 Å². The Labute approximate surface area is 203 Å². The number of aryl methyl sites for hydroxylation is 2. The Morgan fingerprint density at radius 1 is 1.12 bits per heavy atom. The Bertz CT molecular complexity index is 921. The van der Waals surface area contributed by atoms with E-state index in [1.54, 1.807) is 11.3 Å². The first kappa shape index (κ1) is 25.4. The predicted octanol–water partition coefficient (Wildman–Crippen LogP) is 5.40. The van der Waals surface area contributed by atoms with Crippen molar-refractivity contribution in [3.05, 3.63) is 33.5 Å². The van der Waals surface area contributed by atoms with Gasteiger partial charge >= 0.3 is 6.18 Å². The molecule has 3 heterocycles. The molecule has 1 aliphatic heterocycles. The van der Waals surface area contributed by atoms with Crippen LogP contribution in [0.25, 0.3) is 0 Å². The van der Waals surface area contributed by atoms with E-state index in [9.17, 15) is 18.0 Å². The summed E-state index contributed by atoms with van der Waals surface area (Å²) in [6.45, 7) is 4.80. The van der Waals surface area contributed by atoms with Gasteiger partial charge in [-0.05, 0) is 56.6 Å². The highest BCUT2D eigenvalue weighted by Crippen LogP contribution is 2.33. The fourth-order valence-corrected chi connectivity index (χ4v) is 6.14. The number of fused-ring (bicyclic) bond motifs is 1. The Morgan fingerprint density at radius 2 is 1.85 bits per heavy atom. The summed E-state index contributed by atoms with van der Waals surface area (Å²) in [4.78, 5) is 20.2. The van der Waals surface area contributed by atoms with E-state index in [1.165, 1.54) is 23.9 Å². The second kappa shape index (κ2) is 11.3. The summed E-state index contributed by atoms with van der Waals surface area (Å²) in [5.74, 6) is 1.60. The molecule has 4 rings (SSSR count). The molecule has 5 nitrogen and oxygen atoms in total. The van der Waals surface area contributed by atoms with Gasteiger partial charge in [-0.25, -0.2) is 4.98 Å². The monoisotopic (exact) mass is 496 g/mol. The van der Waals surface area contributed by atoms with E-state index >= 15 is 0 Å². The van der Waals surface area contributed by atoms with Gasteiger partial charge in [0.05, 0.1) is 17.1 Å². The molecular weight excluding hydrogens is 461 g/mol. The van der Waals surface area contributed by atoms with Gasteiger partial charge in [0.2, 0.25) is 0 Å². The van der Waals surface area contributed by atoms with Crippen molar-refractivity contribution in [1.29, 1.82) is 0 Å². The topological polar surface area (TPSA) is 51.0 Å². The van der Waals surface area contributed by atoms with E-state index in [2.05, 4.69) is 15.0 Å². The average molecular weight is 497 g/mol. The van der Waals surface area contributed by atoms with Crippen molar-refractivity contribution in [2.24, 2.45) is 11.8 Å². The van der Waals surface area contributed by atoms with Crippen LogP contribution in [0.5, 0.6) is 0 Å². The van der Waals surface area contributed by atoms with Gasteiger partial charge in [0.25, 0.3) is 0 Å². The lowest BCUT2D eigenvalue weighted by molar-refractivity contribution is -0.137. The number of rotatable bonds is 9. The lowest BCUT2D eigenvalue weighted by atomic mass is 9.78. The summed E-state index contributed by atoms with van der Waals surface area (Å²) >= 11 is 1.62. The van der Waals surface area contributed by atoms with Gasteiger partial charge < -0.3 is 4.90 Å². The highest BCUT2D eigenvalue weighted by Gasteiger charge is 2.28. The van der Waals surface area contributed by atoms with Crippen molar-refractivity contribution in [3.8, 4) is 0 Å². The molecule has 34 heavy (non-hydrogen) atoms. The molecule has 1 fully saturated rings. The van der Waals surface area contributed by atoms with E-state index in [4.69, 9.17) is 0 Å². The zero-order valence-electron chi connectivity index (χ0n) is 19.9. The van der Waals surface area contributed by atoms with Crippen LogP contribution in [0.4, 0.5) is 13.2 Å². The largest absolute Gasteiger partial charge is 0.390 e. The van der Waals surface area contributed by atoms with Crippen molar-refractivity contribution in [3.63, 3.8) is 0 Å². The first-order valence-corrected chi connectivity index (χ1v) is 13.3. The van der Waals surface area contributed by atoms with E-state index in [-0.39, 0.29) is 6.54 Å². The summed E-state index contributed by atoms with van der Waals surface area (Å²) in [6, 6.07) is 0. The van der Waals surface area contributed by atoms with Crippen LogP contribution in [0, 0.1) is 18.8 Å². The zero-order chi connectivity index (χ0) is 24.1. The van der Waals surface area contributed by atoms with Crippen LogP contribution < -0.4 is 0 Å². The molecule has 0 aromatic carbocycles. The third-order valence-corrected chi connectivity index (χ3v) is 8.20. The zero-order valence-corrected chi connectivity index (χ0v) is 20.8. The Hall–Kier alpha value is -1.74. The SMILES string of the molecule is Cc1ncc(CC(=O)CC2CCC(CCN3CCc4cn(CCC(F)(F)F)nc4CC3)CC2)s1. The summed E-state index contributed by atoms with van der Waals surface area (Å²) < 4.78 is 38.9. The van der Waals surface area contributed by atoms with Crippen molar-refractivity contribution >= 4 is 17.1 Å². The van der Waals surface area contributed by atoms with E-state index in [1.807, 2.05) is 19.3 Å². The van der Waals surface area contributed by atoms with Gasteiger partial charge in [0.1, 0.15) is 5.78 Å². The molecule has 0 bridgehead atoms. The number of halogens is 3. The molecule has 0 radical (unpaired) electrons. The average Bonchev–Trinajstić information content (AvgIpc) is 3.32. The minimum atomic E-state index is -4.14. The van der Waals surface area contributed by atoms with Crippen molar-refractivity contribution in [2.45, 2.75) is 83.9 Å². The van der Waals surface area contributed by atoms with Crippen molar-refractivity contribution in [2.75, 3.05) is 19.6 Å². The number of nitrogens with zero attached hydrogens (tertiary/aromatic N) is 4. The fraction of sp³-hybridized carbons (Fsp3) is 0.720. The molecule has 0 N–H and O–H groups in total. The number of carbonyl (C=O) groups is 1. The fourth-order valence-electron chi connectivity index (χ4n) is 5.32. The van der Waals surface area contributed by atoms with Crippen molar-refractivity contribution in [1.82, 2.24) is 19.7 Å². The smallest absolute Gasteiger partial charge is 0.303 e. The second-order valence-electron chi connectivity index (χ2n) is 10.0. The second-order valence-corrected chi connectivity index (χ2v) is 11.3. The Morgan fingerprint density at radius 3 is 2.56 bits per heavy atom. The highest BCUT2D eigenvalue weighted by molar-refractivity contribution is 7.11. The maximum Gasteiger partial charge on any atom is 0.390 e. The van der Waals surface area contributed by atoms with Gasteiger partial charge in [-0.3, -0.25) is 9.48 Å². The summed E-state index contributed by atoms with van der Waals surface area (Å²) in [6.07, 6.45) is 7.45. The van der Waals surface area contributed by atoms with Gasteiger partial charge in [-0.1, -0.05) is 12.8 Å². The van der Waals surface area contributed by atoms with Gasteiger partial charge in [-0.2, -0.15) is 18.3 Å². The standard InChI is InChI=1S/C25H35F3N4OS/c1-18-29-16-23(34-18)15-22(33)14-20-4-2-19(3-5-20)6-10-31-11-7-21-17-32(13-9-25(26,27)28)30-24(21)8-12-31/h16-17,19-20H,2-15H2,1H3. The Kier molecular flexibility index (Phi) is 8.45. The summed E-state index contributed by atoms with van der Waals surface area (Å²) in [7, 11) is 0. The molecule has 1 saturated carbocycles. The predicted molar refractivity (Wildman–Crippen MR) is 127 cm³/mol. The third kappa shape index (κ3) is 7.63. The summed E-state index contributed by atoms with van der Waals surface area (Å²) in [5, 5.41) is 5.43. The number of aromatic nitrogens is 3.